The Morgan fingerprint density at radius 2 is 1.35 bits per heavy atom. The summed E-state index contributed by atoms with van der Waals surface area (Å²) in [6, 6.07) is 17.8. The van der Waals surface area contributed by atoms with E-state index in [1.165, 1.54) is 25.7 Å². The first-order chi connectivity index (χ1) is 16.4. The fourth-order valence-corrected chi connectivity index (χ4v) is 3.54. The highest BCUT2D eigenvalue weighted by atomic mass is 16.6. The van der Waals surface area contributed by atoms with Crippen molar-refractivity contribution in [3.8, 4) is 0 Å². The van der Waals surface area contributed by atoms with Crippen molar-refractivity contribution < 1.29 is 19.1 Å². The zero-order valence-corrected chi connectivity index (χ0v) is 21.4. The van der Waals surface area contributed by atoms with Gasteiger partial charge in [-0.2, -0.15) is 0 Å². The maximum Gasteiger partial charge on any atom is 0.338 e. The van der Waals surface area contributed by atoms with Crippen LogP contribution < -0.4 is 0 Å². The number of unbranched alkanes of at least 4 members (excludes halogenated alkanes) is 1. The van der Waals surface area contributed by atoms with Crippen LogP contribution in [0.5, 0.6) is 0 Å². The third-order valence-electron chi connectivity index (χ3n) is 5.59. The number of allylic oxidation sites excluding steroid dienone is 1. The zero-order chi connectivity index (χ0) is 25.2. The largest absolute Gasteiger partial charge is 0.459 e. The number of esters is 2. The Hall–Kier alpha value is -2.88. The third-order valence-corrected chi connectivity index (χ3v) is 5.59. The molecule has 2 rings (SSSR count). The second-order valence-corrected chi connectivity index (χ2v) is 8.55. The van der Waals surface area contributed by atoms with E-state index < -0.39 is 0 Å². The van der Waals surface area contributed by atoms with Crippen molar-refractivity contribution in [1.29, 1.82) is 0 Å². The van der Waals surface area contributed by atoms with Gasteiger partial charge in [0.2, 0.25) is 0 Å². The molecular weight excluding hydrogens is 424 g/mol. The molecular formula is C30H42O4. The van der Waals surface area contributed by atoms with Gasteiger partial charge in [-0.15, -0.1) is 6.58 Å². The highest BCUT2D eigenvalue weighted by Gasteiger charge is 2.21. The van der Waals surface area contributed by atoms with Gasteiger partial charge in [0, 0.05) is 6.42 Å². The van der Waals surface area contributed by atoms with Crippen molar-refractivity contribution in [2.75, 3.05) is 0 Å². The van der Waals surface area contributed by atoms with E-state index in [-0.39, 0.29) is 24.1 Å². The van der Waals surface area contributed by atoms with Crippen molar-refractivity contribution in [2.45, 2.75) is 84.8 Å². The lowest BCUT2D eigenvalue weighted by molar-refractivity contribution is 0.00162. The van der Waals surface area contributed by atoms with Crippen LogP contribution in [-0.4, -0.2) is 24.1 Å². The van der Waals surface area contributed by atoms with Gasteiger partial charge in [-0.1, -0.05) is 82.5 Å². The van der Waals surface area contributed by atoms with Gasteiger partial charge in [0.1, 0.15) is 12.2 Å². The SMILES string of the molecule is C=CC(CC)CCCC.CCCC(CC(C)OC(=O)c1ccccc1)OC(=O)c1ccccc1. The van der Waals surface area contributed by atoms with Crippen molar-refractivity contribution in [1.82, 2.24) is 0 Å². The average Bonchev–Trinajstić information content (AvgIpc) is 2.86. The molecule has 4 nitrogen and oxygen atoms in total. The topological polar surface area (TPSA) is 52.6 Å². The molecule has 0 radical (unpaired) electrons. The number of ether oxygens (including phenoxy) is 2. The second kappa shape index (κ2) is 17.6. The predicted octanol–water partition coefficient (Wildman–Crippen LogP) is 8.04. The van der Waals surface area contributed by atoms with E-state index >= 15 is 0 Å². The molecule has 0 aliphatic carbocycles. The molecule has 0 fully saturated rings. The van der Waals surface area contributed by atoms with Crippen LogP contribution in [0.4, 0.5) is 0 Å². The average molecular weight is 467 g/mol. The van der Waals surface area contributed by atoms with Crippen LogP contribution in [0.1, 0.15) is 93.4 Å². The number of hydrogen-bond acceptors (Lipinski definition) is 4. The Labute approximate surface area is 206 Å². The third kappa shape index (κ3) is 11.8. The maximum atomic E-state index is 12.2. The van der Waals surface area contributed by atoms with Gasteiger partial charge in [-0.05, 0) is 56.4 Å². The Balaban J connectivity index is 0.000000546. The van der Waals surface area contributed by atoms with Gasteiger partial charge >= 0.3 is 11.9 Å². The van der Waals surface area contributed by atoms with Crippen molar-refractivity contribution in [3.05, 3.63) is 84.4 Å². The van der Waals surface area contributed by atoms with Gasteiger partial charge in [0.15, 0.2) is 0 Å². The molecule has 0 heterocycles. The number of carbonyl (C=O) groups excluding carboxylic acids is 2. The van der Waals surface area contributed by atoms with Crippen LogP contribution in [0.15, 0.2) is 73.3 Å². The molecule has 0 aliphatic heterocycles. The first-order valence-electron chi connectivity index (χ1n) is 12.6. The summed E-state index contributed by atoms with van der Waals surface area (Å²) in [6.45, 7) is 12.1. The minimum atomic E-state index is -0.363. The van der Waals surface area contributed by atoms with Gasteiger partial charge < -0.3 is 9.47 Å². The van der Waals surface area contributed by atoms with E-state index in [0.717, 1.165) is 18.8 Å². The highest BCUT2D eigenvalue weighted by molar-refractivity contribution is 5.90. The molecule has 0 aromatic heterocycles. The molecule has 0 saturated heterocycles. The number of benzene rings is 2. The van der Waals surface area contributed by atoms with Crippen LogP contribution in [0, 0.1) is 5.92 Å². The lowest BCUT2D eigenvalue weighted by Crippen LogP contribution is -2.25. The molecule has 0 spiro atoms. The summed E-state index contributed by atoms with van der Waals surface area (Å²) in [7, 11) is 0. The summed E-state index contributed by atoms with van der Waals surface area (Å²) in [5, 5.41) is 0. The lowest BCUT2D eigenvalue weighted by atomic mass is 10.00. The Morgan fingerprint density at radius 1 is 0.824 bits per heavy atom. The Kier molecular flexibility index (Phi) is 15.1. The molecule has 3 atom stereocenters. The molecule has 2 aromatic carbocycles. The molecule has 34 heavy (non-hydrogen) atoms. The van der Waals surface area contributed by atoms with E-state index in [9.17, 15) is 9.59 Å². The van der Waals surface area contributed by atoms with Gasteiger partial charge in [0.25, 0.3) is 0 Å². The van der Waals surface area contributed by atoms with Crippen molar-refractivity contribution >= 4 is 11.9 Å². The number of carbonyl (C=O) groups is 2. The quantitative estimate of drug-likeness (QED) is 0.221. The molecule has 0 bridgehead atoms. The second-order valence-electron chi connectivity index (χ2n) is 8.55. The number of rotatable bonds is 13. The van der Waals surface area contributed by atoms with E-state index in [0.29, 0.717) is 17.5 Å². The van der Waals surface area contributed by atoms with Gasteiger partial charge in [-0.3, -0.25) is 0 Å². The standard InChI is InChI=1S/C21H24O4.C9H18/c1-3-10-19(25-21(23)18-13-8-5-9-14-18)15-16(2)24-20(22)17-11-6-4-7-12-17;1-4-7-8-9(5-2)6-3/h4-9,11-14,16,19H,3,10,15H2,1-2H3;5,9H,2,4,6-8H2,1,3H3. The Bertz CT molecular complexity index is 816. The van der Waals surface area contributed by atoms with Crippen LogP contribution in [0.3, 0.4) is 0 Å². The lowest BCUT2D eigenvalue weighted by Gasteiger charge is -2.21. The monoisotopic (exact) mass is 466 g/mol. The van der Waals surface area contributed by atoms with Crippen LogP contribution in [-0.2, 0) is 9.47 Å². The summed E-state index contributed by atoms with van der Waals surface area (Å²) in [5.41, 5.74) is 1.04. The number of hydrogen-bond donors (Lipinski definition) is 0. The maximum absolute atomic E-state index is 12.2. The summed E-state index contributed by atoms with van der Waals surface area (Å²) >= 11 is 0. The van der Waals surface area contributed by atoms with Crippen molar-refractivity contribution in [2.24, 2.45) is 5.92 Å². The Morgan fingerprint density at radius 3 is 1.79 bits per heavy atom. The molecule has 2 aromatic rings. The summed E-state index contributed by atoms with van der Waals surface area (Å²) in [5.74, 6) is 0.0586. The molecule has 0 saturated carbocycles. The van der Waals surface area contributed by atoms with Crippen LogP contribution in [0.25, 0.3) is 0 Å². The molecule has 186 valence electrons. The minimum absolute atomic E-state index is 0.281. The fourth-order valence-electron chi connectivity index (χ4n) is 3.54. The highest BCUT2D eigenvalue weighted by Crippen LogP contribution is 2.16. The minimum Gasteiger partial charge on any atom is -0.459 e. The predicted molar refractivity (Wildman–Crippen MR) is 140 cm³/mol. The fraction of sp³-hybridized carbons (Fsp3) is 0.467. The van der Waals surface area contributed by atoms with Gasteiger partial charge in [0.05, 0.1) is 11.1 Å². The van der Waals surface area contributed by atoms with Crippen LogP contribution >= 0.6 is 0 Å². The van der Waals surface area contributed by atoms with E-state index in [1.807, 2.05) is 26.0 Å². The van der Waals surface area contributed by atoms with E-state index in [1.54, 1.807) is 48.5 Å². The zero-order valence-electron chi connectivity index (χ0n) is 21.4. The van der Waals surface area contributed by atoms with Crippen molar-refractivity contribution in [3.63, 3.8) is 0 Å². The molecule has 3 unspecified atom stereocenters. The van der Waals surface area contributed by atoms with Gasteiger partial charge in [-0.25, -0.2) is 9.59 Å². The first kappa shape index (κ1) is 29.2. The summed E-state index contributed by atoms with van der Waals surface area (Å²) < 4.78 is 11.1. The smallest absolute Gasteiger partial charge is 0.338 e. The normalized spacial score (nSPS) is 12.9. The van der Waals surface area contributed by atoms with E-state index in [4.69, 9.17) is 9.47 Å². The van der Waals surface area contributed by atoms with Crippen LogP contribution in [0.2, 0.25) is 0 Å². The first-order valence-corrected chi connectivity index (χ1v) is 12.6. The molecule has 0 amide bonds. The summed E-state index contributed by atoms with van der Waals surface area (Å²) in [6.07, 6.45) is 8.79. The molecule has 0 N–H and O–H groups in total. The summed E-state index contributed by atoms with van der Waals surface area (Å²) in [4.78, 5) is 24.3. The van der Waals surface area contributed by atoms with E-state index in [2.05, 4.69) is 26.5 Å². The molecule has 0 aliphatic rings. The molecule has 4 heteroatoms.